The Balaban J connectivity index is 1.92. The van der Waals surface area contributed by atoms with Crippen LogP contribution in [0.3, 0.4) is 0 Å². The van der Waals surface area contributed by atoms with Crippen LogP contribution in [0.15, 0.2) is 61.1 Å². The lowest BCUT2D eigenvalue weighted by molar-refractivity contribution is 0.509. The summed E-state index contributed by atoms with van der Waals surface area (Å²) in [6.45, 7) is 0. The second-order valence-electron chi connectivity index (χ2n) is 5.52. The average Bonchev–Trinajstić information content (AvgIpc) is 2.64. The molecule has 4 aromatic rings. The van der Waals surface area contributed by atoms with Gasteiger partial charge in [-0.05, 0) is 42.0 Å². The first-order valence-electron chi connectivity index (χ1n) is 7.54. The summed E-state index contributed by atoms with van der Waals surface area (Å²) >= 11 is 0. The second-order valence-corrected chi connectivity index (χ2v) is 5.52. The summed E-state index contributed by atoms with van der Waals surface area (Å²) in [4.78, 5) is 12.5. The molecule has 0 atom stereocenters. The molecule has 0 spiro atoms. The molecule has 0 saturated heterocycles. The van der Waals surface area contributed by atoms with Crippen molar-refractivity contribution in [1.29, 1.82) is 0 Å². The van der Waals surface area contributed by atoms with Crippen LogP contribution in [0.5, 0.6) is 0 Å². The maximum Gasteiger partial charge on any atom is 0.159 e. The molecular weight excluding hydrogens is 322 g/mol. The van der Waals surface area contributed by atoms with Gasteiger partial charge in [-0.15, -0.1) is 0 Å². The predicted molar refractivity (Wildman–Crippen MR) is 92.5 cm³/mol. The maximum absolute atomic E-state index is 13.6. The van der Waals surface area contributed by atoms with Crippen LogP contribution in [0.25, 0.3) is 33.3 Å². The van der Waals surface area contributed by atoms with Crippen LogP contribution in [0.4, 0.5) is 14.6 Å². The van der Waals surface area contributed by atoms with Gasteiger partial charge in [-0.3, -0.25) is 4.98 Å². The van der Waals surface area contributed by atoms with Crippen LogP contribution in [0, 0.1) is 11.6 Å². The molecule has 0 aliphatic rings. The Bertz CT molecular complexity index is 1100. The molecule has 0 aliphatic heterocycles. The third-order valence-corrected chi connectivity index (χ3v) is 3.98. The van der Waals surface area contributed by atoms with Gasteiger partial charge in [0.05, 0.1) is 11.2 Å². The van der Waals surface area contributed by atoms with E-state index in [0.29, 0.717) is 17.1 Å². The van der Waals surface area contributed by atoms with E-state index in [1.165, 1.54) is 12.4 Å². The van der Waals surface area contributed by atoms with Gasteiger partial charge in [-0.1, -0.05) is 12.1 Å². The van der Waals surface area contributed by atoms with Gasteiger partial charge in [0.15, 0.2) is 11.6 Å². The normalized spacial score (nSPS) is 11.0. The largest absolute Gasteiger partial charge is 0.383 e. The number of nitrogens with two attached hydrogens (primary N) is 1. The number of nitrogens with zero attached hydrogens (tertiary/aromatic N) is 3. The molecule has 2 heterocycles. The molecule has 25 heavy (non-hydrogen) atoms. The molecule has 122 valence electrons. The highest BCUT2D eigenvalue weighted by molar-refractivity contribution is 5.93. The minimum atomic E-state index is -0.912. The van der Waals surface area contributed by atoms with Crippen molar-refractivity contribution in [3.05, 3.63) is 72.7 Å². The quantitative estimate of drug-likeness (QED) is 0.596. The van der Waals surface area contributed by atoms with E-state index in [1.54, 1.807) is 12.3 Å². The second kappa shape index (κ2) is 5.90. The van der Waals surface area contributed by atoms with Crippen molar-refractivity contribution in [2.24, 2.45) is 0 Å². The van der Waals surface area contributed by atoms with Gasteiger partial charge in [0.2, 0.25) is 0 Å². The summed E-state index contributed by atoms with van der Waals surface area (Å²) in [5.74, 6) is -1.42. The number of pyridine rings is 1. The molecule has 4 nitrogen and oxygen atoms in total. The summed E-state index contributed by atoms with van der Waals surface area (Å²) in [6, 6.07) is 13.0. The summed E-state index contributed by atoms with van der Waals surface area (Å²) in [5.41, 5.74) is 9.32. The lowest BCUT2D eigenvalue weighted by Crippen LogP contribution is -1.95. The zero-order valence-electron chi connectivity index (χ0n) is 12.9. The summed E-state index contributed by atoms with van der Waals surface area (Å²) in [6.07, 6.45) is 3.02. The lowest BCUT2D eigenvalue weighted by atomic mass is 9.98. The van der Waals surface area contributed by atoms with Crippen LogP contribution in [0.2, 0.25) is 0 Å². The van der Waals surface area contributed by atoms with E-state index in [9.17, 15) is 8.78 Å². The zero-order chi connectivity index (χ0) is 17.4. The van der Waals surface area contributed by atoms with E-state index < -0.39 is 11.6 Å². The molecule has 0 fully saturated rings. The molecule has 0 amide bonds. The Labute approximate surface area is 142 Å². The van der Waals surface area contributed by atoms with E-state index in [-0.39, 0.29) is 0 Å². The molecule has 2 N–H and O–H groups in total. The van der Waals surface area contributed by atoms with Crippen LogP contribution in [-0.4, -0.2) is 15.0 Å². The third-order valence-electron chi connectivity index (χ3n) is 3.98. The number of nitrogen functional groups attached to an aromatic ring is 1. The number of hydrogen-bond acceptors (Lipinski definition) is 4. The van der Waals surface area contributed by atoms with Gasteiger partial charge >= 0.3 is 0 Å². The summed E-state index contributed by atoms with van der Waals surface area (Å²) in [5, 5.41) is 0.722. The summed E-state index contributed by atoms with van der Waals surface area (Å²) < 4.78 is 26.9. The van der Waals surface area contributed by atoms with Crippen molar-refractivity contribution in [1.82, 2.24) is 15.0 Å². The first-order chi connectivity index (χ1) is 12.1. The van der Waals surface area contributed by atoms with Crippen LogP contribution >= 0.6 is 0 Å². The van der Waals surface area contributed by atoms with Gasteiger partial charge in [0.25, 0.3) is 0 Å². The summed E-state index contributed by atoms with van der Waals surface area (Å²) in [7, 11) is 0. The van der Waals surface area contributed by atoms with Crippen molar-refractivity contribution in [2.45, 2.75) is 0 Å². The van der Waals surface area contributed by atoms with Crippen LogP contribution in [0.1, 0.15) is 0 Å². The number of aromatic nitrogens is 3. The van der Waals surface area contributed by atoms with Gasteiger partial charge in [0.1, 0.15) is 12.1 Å². The monoisotopic (exact) mass is 334 g/mol. The number of fused-ring (bicyclic) bond motifs is 1. The van der Waals surface area contributed by atoms with E-state index >= 15 is 0 Å². The third kappa shape index (κ3) is 2.67. The van der Waals surface area contributed by atoms with E-state index in [2.05, 4.69) is 15.0 Å². The van der Waals surface area contributed by atoms with Gasteiger partial charge in [-0.2, -0.15) is 0 Å². The first kappa shape index (κ1) is 15.1. The predicted octanol–water partition coefficient (Wildman–Crippen LogP) is 4.22. The SMILES string of the molecule is Nc1ncnc2ccc(-c3cccnc3-c3ccc(F)c(F)c3)cc12. The molecule has 0 aliphatic carbocycles. The number of rotatable bonds is 2. The zero-order valence-corrected chi connectivity index (χ0v) is 12.9. The van der Waals surface area contributed by atoms with Crippen LogP contribution < -0.4 is 5.73 Å². The topological polar surface area (TPSA) is 64.7 Å². The highest BCUT2D eigenvalue weighted by Crippen LogP contribution is 2.33. The minimum absolute atomic E-state index is 0.380. The van der Waals surface area contributed by atoms with Crippen molar-refractivity contribution in [2.75, 3.05) is 5.73 Å². The fourth-order valence-electron chi connectivity index (χ4n) is 2.76. The highest BCUT2D eigenvalue weighted by Gasteiger charge is 2.12. The molecule has 0 radical (unpaired) electrons. The van der Waals surface area contributed by atoms with Crippen molar-refractivity contribution >= 4 is 16.7 Å². The smallest absolute Gasteiger partial charge is 0.159 e. The Morgan fingerprint density at radius 2 is 1.64 bits per heavy atom. The van der Waals surface area contributed by atoms with Crippen LogP contribution in [-0.2, 0) is 0 Å². The molecule has 4 rings (SSSR count). The van der Waals surface area contributed by atoms with Crippen molar-refractivity contribution < 1.29 is 8.78 Å². The molecule has 2 aromatic carbocycles. The van der Waals surface area contributed by atoms with Crippen molar-refractivity contribution in [3.63, 3.8) is 0 Å². The molecule has 0 unspecified atom stereocenters. The molecule has 6 heteroatoms. The fraction of sp³-hybridized carbons (Fsp3) is 0. The Hall–Kier alpha value is -3.41. The van der Waals surface area contributed by atoms with Gasteiger partial charge in [0, 0.05) is 22.7 Å². The Morgan fingerprint density at radius 3 is 2.48 bits per heavy atom. The number of halogens is 2. The highest BCUT2D eigenvalue weighted by atomic mass is 19.2. The number of hydrogen-bond donors (Lipinski definition) is 1. The average molecular weight is 334 g/mol. The van der Waals surface area contributed by atoms with E-state index in [0.717, 1.165) is 34.2 Å². The van der Waals surface area contributed by atoms with Crippen molar-refractivity contribution in [3.8, 4) is 22.4 Å². The number of benzene rings is 2. The molecule has 0 saturated carbocycles. The Kier molecular flexibility index (Phi) is 3.57. The number of anilines is 1. The molecule has 0 bridgehead atoms. The van der Waals surface area contributed by atoms with E-state index in [4.69, 9.17) is 5.73 Å². The molecular formula is C19H12F2N4. The Morgan fingerprint density at radius 1 is 0.800 bits per heavy atom. The fourth-order valence-corrected chi connectivity index (χ4v) is 2.76. The maximum atomic E-state index is 13.6. The standard InChI is InChI=1S/C19H12F2N4/c20-15-5-3-12(9-16(15)21)18-13(2-1-7-23-18)11-4-6-17-14(8-11)19(22)25-10-24-17/h1-10H,(H2,22,24,25). The lowest BCUT2D eigenvalue weighted by Gasteiger charge is -2.10. The minimum Gasteiger partial charge on any atom is -0.383 e. The van der Waals surface area contributed by atoms with Gasteiger partial charge in [-0.25, -0.2) is 18.7 Å². The van der Waals surface area contributed by atoms with Gasteiger partial charge < -0.3 is 5.73 Å². The molecule has 2 aromatic heterocycles. The van der Waals surface area contributed by atoms with E-state index in [1.807, 2.05) is 24.3 Å². The first-order valence-corrected chi connectivity index (χ1v) is 7.54.